The van der Waals surface area contributed by atoms with Gasteiger partial charge in [-0.3, -0.25) is 9.69 Å². The lowest BCUT2D eigenvalue weighted by Gasteiger charge is -2.45. The van der Waals surface area contributed by atoms with Gasteiger partial charge in [0.2, 0.25) is 5.91 Å². The quantitative estimate of drug-likeness (QED) is 0.539. The molecule has 0 radical (unpaired) electrons. The monoisotopic (exact) mass is 537 g/mol. The van der Waals surface area contributed by atoms with Crippen molar-refractivity contribution in [2.75, 3.05) is 56.7 Å². The van der Waals surface area contributed by atoms with E-state index in [2.05, 4.69) is 18.7 Å². The highest BCUT2D eigenvalue weighted by atomic mass is 16.6. The molecule has 1 saturated heterocycles. The smallest absolute Gasteiger partial charge is 0.410 e. The summed E-state index contributed by atoms with van der Waals surface area (Å²) in [4.78, 5) is 39.3. The zero-order chi connectivity index (χ0) is 28.5. The summed E-state index contributed by atoms with van der Waals surface area (Å²) < 4.78 is 11.1. The van der Waals surface area contributed by atoms with E-state index in [0.29, 0.717) is 26.2 Å². The molecule has 2 aromatic rings. The minimum Gasteiger partial charge on any atom is -0.444 e. The van der Waals surface area contributed by atoms with Crippen LogP contribution < -0.4 is 9.80 Å². The third-order valence-electron chi connectivity index (χ3n) is 7.51. The third kappa shape index (κ3) is 6.36. The molecular formula is C30H43N5O4. The molecule has 1 fully saturated rings. The molecule has 0 spiro atoms. The highest BCUT2D eigenvalue weighted by Crippen LogP contribution is 2.42. The Bertz CT molecular complexity index is 1180. The summed E-state index contributed by atoms with van der Waals surface area (Å²) in [5.41, 5.74) is 2.22. The van der Waals surface area contributed by atoms with Gasteiger partial charge in [0, 0.05) is 68.8 Å². The predicted molar refractivity (Wildman–Crippen MR) is 154 cm³/mol. The molecule has 1 aromatic carbocycles. The lowest BCUT2D eigenvalue weighted by Crippen LogP contribution is -2.62. The molecule has 0 N–H and O–H groups in total. The second-order valence-corrected chi connectivity index (χ2v) is 12.3. The Balaban J connectivity index is 1.54. The van der Waals surface area contributed by atoms with Crippen LogP contribution in [0.4, 0.5) is 22.0 Å². The van der Waals surface area contributed by atoms with Crippen molar-refractivity contribution < 1.29 is 19.1 Å². The molecule has 1 aromatic heterocycles. The first kappa shape index (κ1) is 28.8. The largest absolute Gasteiger partial charge is 0.444 e. The first-order valence-corrected chi connectivity index (χ1v) is 13.6. The molecule has 2 aliphatic heterocycles. The number of methoxy groups -OCH3 is 1. The van der Waals surface area contributed by atoms with E-state index in [0.717, 1.165) is 22.8 Å². The number of rotatable bonds is 6. The number of para-hydroxylation sites is 1. The molecule has 0 saturated carbocycles. The van der Waals surface area contributed by atoms with Crippen molar-refractivity contribution in [3.05, 3.63) is 48.2 Å². The Morgan fingerprint density at radius 3 is 2.49 bits per heavy atom. The van der Waals surface area contributed by atoms with Crippen LogP contribution in [-0.2, 0) is 19.7 Å². The average Bonchev–Trinajstić information content (AvgIpc) is 3.14. The van der Waals surface area contributed by atoms with Crippen LogP contribution in [0.25, 0.3) is 0 Å². The Morgan fingerprint density at radius 1 is 1.15 bits per heavy atom. The number of hydrogen-bond acceptors (Lipinski definition) is 7. The van der Waals surface area contributed by atoms with Gasteiger partial charge in [-0.15, -0.1) is 0 Å². The van der Waals surface area contributed by atoms with E-state index in [9.17, 15) is 9.59 Å². The summed E-state index contributed by atoms with van der Waals surface area (Å²) in [5, 5.41) is 0. The van der Waals surface area contributed by atoms with E-state index < -0.39 is 5.60 Å². The van der Waals surface area contributed by atoms with Gasteiger partial charge in [0.1, 0.15) is 11.4 Å². The topological polar surface area (TPSA) is 78.5 Å². The van der Waals surface area contributed by atoms with E-state index in [4.69, 9.17) is 14.5 Å². The Kier molecular flexibility index (Phi) is 8.23. The zero-order valence-corrected chi connectivity index (χ0v) is 24.6. The minimum absolute atomic E-state index is 0.0281. The van der Waals surface area contributed by atoms with Crippen molar-refractivity contribution in [3.8, 4) is 0 Å². The van der Waals surface area contributed by atoms with Gasteiger partial charge in [-0.05, 0) is 39.8 Å². The van der Waals surface area contributed by atoms with Gasteiger partial charge >= 0.3 is 6.09 Å². The Labute approximate surface area is 232 Å². The predicted octanol–water partition coefficient (Wildman–Crippen LogP) is 4.43. The number of ether oxygens (including phenoxy) is 2. The number of pyridine rings is 1. The highest BCUT2D eigenvalue weighted by Gasteiger charge is 2.41. The van der Waals surface area contributed by atoms with Crippen LogP contribution in [0.2, 0.25) is 0 Å². The number of amides is 2. The van der Waals surface area contributed by atoms with E-state index in [-0.39, 0.29) is 36.0 Å². The maximum atomic E-state index is 13.9. The molecule has 0 bridgehead atoms. The van der Waals surface area contributed by atoms with Gasteiger partial charge in [-0.2, -0.15) is 0 Å². The van der Waals surface area contributed by atoms with Crippen molar-refractivity contribution in [1.29, 1.82) is 0 Å². The Morgan fingerprint density at radius 2 is 1.85 bits per heavy atom. The van der Waals surface area contributed by atoms with Gasteiger partial charge in [0.25, 0.3) is 0 Å². The summed E-state index contributed by atoms with van der Waals surface area (Å²) in [6.45, 7) is 14.1. The van der Waals surface area contributed by atoms with Crippen molar-refractivity contribution in [1.82, 2.24) is 14.8 Å². The van der Waals surface area contributed by atoms with Gasteiger partial charge in [-0.1, -0.05) is 32.0 Å². The molecule has 212 valence electrons. The molecule has 3 heterocycles. The van der Waals surface area contributed by atoms with Gasteiger partial charge < -0.3 is 24.2 Å². The SMILES string of the molecule is COC[C@H]1CN(C(=O)OC(C)(C)C)[C@H](C)CN1CC(=O)N1CC(C)(C)c2cnc(N(C)c3ccccc3)cc21. The van der Waals surface area contributed by atoms with Gasteiger partial charge in [0.05, 0.1) is 24.9 Å². The molecule has 4 rings (SSSR count). The lowest BCUT2D eigenvalue weighted by molar-refractivity contribution is -0.121. The maximum absolute atomic E-state index is 13.9. The van der Waals surface area contributed by atoms with E-state index >= 15 is 0 Å². The number of carbonyl (C=O) groups is 2. The number of hydrogen-bond donors (Lipinski definition) is 0. The third-order valence-corrected chi connectivity index (χ3v) is 7.51. The molecule has 2 atom stereocenters. The highest BCUT2D eigenvalue weighted by molar-refractivity contribution is 5.98. The number of aromatic nitrogens is 1. The summed E-state index contributed by atoms with van der Waals surface area (Å²) in [6.07, 6.45) is 1.58. The summed E-state index contributed by atoms with van der Waals surface area (Å²) in [6, 6.07) is 11.9. The van der Waals surface area contributed by atoms with Crippen LogP contribution in [0.15, 0.2) is 42.6 Å². The molecule has 9 nitrogen and oxygen atoms in total. The molecule has 9 heteroatoms. The van der Waals surface area contributed by atoms with E-state index in [1.807, 2.05) is 87.1 Å². The fraction of sp³-hybridized carbons (Fsp3) is 0.567. The van der Waals surface area contributed by atoms with E-state index in [1.54, 1.807) is 12.0 Å². The molecule has 2 amide bonds. The first-order valence-electron chi connectivity index (χ1n) is 13.6. The van der Waals surface area contributed by atoms with Crippen LogP contribution in [0.3, 0.4) is 0 Å². The van der Waals surface area contributed by atoms with E-state index in [1.165, 1.54) is 0 Å². The molecule has 39 heavy (non-hydrogen) atoms. The summed E-state index contributed by atoms with van der Waals surface area (Å²) in [5.74, 6) is 0.813. The number of carbonyl (C=O) groups excluding carboxylic acids is 2. The number of nitrogens with zero attached hydrogens (tertiary/aromatic N) is 5. The van der Waals surface area contributed by atoms with Crippen molar-refractivity contribution in [2.45, 2.75) is 64.6 Å². The van der Waals surface area contributed by atoms with Gasteiger partial charge in [0.15, 0.2) is 0 Å². The van der Waals surface area contributed by atoms with Crippen molar-refractivity contribution >= 4 is 29.2 Å². The second kappa shape index (κ2) is 11.1. The standard InChI is InChI=1S/C30H43N5O4/c1-21-16-33(23(19-38-8)17-34(21)28(37)39-29(2,3)4)18-27(36)35-20-30(5,6)24-15-31-26(14-25(24)35)32(7)22-12-10-9-11-13-22/h9-15,21,23H,16-20H2,1-8H3/t21-,23-/m1/s1. The van der Waals surface area contributed by atoms with Crippen LogP contribution in [0.1, 0.15) is 47.1 Å². The fourth-order valence-electron chi connectivity index (χ4n) is 5.42. The molecular weight excluding hydrogens is 494 g/mol. The molecule has 2 aliphatic rings. The van der Waals surface area contributed by atoms with Crippen LogP contribution in [-0.4, -0.2) is 91.4 Å². The first-order chi connectivity index (χ1) is 18.3. The van der Waals surface area contributed by atoms with Crippen LogP contribution in [0, 0.1) is 0 Å². The maximum Gasteiger partial charge on any atom is 0.410 e. The molecule has 0 unspecified atom stereocenters. The number of piperazine rings is 1. The number of benzene rings is 1. The minimum atomic E-state index is -0.571. The van der Waals surface area contributed by atoms with Crippen LogP contribution >= 0.6 is 0 Å². The average molecular weight is 538 g/mol. The van der Waals surface area contributed by atoms with Crippen LogP contribution in [0.5, 0.6) is 0 Å². The lowest BCUT2D eigenvalue weighted by atomic mass is 9.88. The summed E-state index contributed by atoms with van der Waals surface area (Å²) in [7, 11) is 3.63. The zero-order valence-electron chi connectivity index (χ0n) is 24.6. The second-order valence-electron chi connectivity index (χ2n) is 12.3. The Hall–Kier alpha value is -3.17. The normalized spacial score (nSPS) is 21.0. The van der Waals surface area contributed by atoms with Crippen molar-refractivity contribution in [3.63, 3.8) is 0 Å². The fourth-order valence-corrected chi connectivity index (χ4v) is 5.42. The molecule has 0 aliphatic carbocycles. The number of fused-ring (bicyclic) bond motifs is 1. The summed E-state index contributed by atoms with van der Waals surface area (Å²) >= 11 is 0. The number of anilines is 3. The van der Waals surface area contributed by atoms with Gasteiger partial charge in [-0.25, -0.2) is 9.78 Å². The van der Waals surface area contributed by atoms with Crippen molar-refractivity contribution in [2.24, 2.45) is 0 Å².